The average Bonchev–Trinajstić information content (AvgIpc) is 3.69. The Morgan fingerprint density at radius 2 is 1.78 bits per heavy atom. The van der Waals surface area contributed by atoms with Gasteiger partial charge in [0, 0.05) is 76.5 Å². The predicted octanol–water partition coefficient (Wildman–Crippen LogP) is 7.64. The smallest absolute Gasteiger partial charge is 0.222 e. The number of thiophene rings is 1. The zero-order chi connectivity index (χ0) is 40.8. The summed E-state index contributed by atoms with van der Waals surface area (Å²) in [5, 5.41) is 30.8. The highest BCUT2D eigenvalue weighted by molar-refractivity contribution is 14.1. The average molecular weight is 929 g/mol. The zero-order valence-electron chi connectivity index (χ0n) is 32.7. The van der Waals surface area contributed by atoms with Gasteiger partial charge in [-0.15, -0.1) is 21.5 Å². The lowest BCUT2D eigenvalue weighted by Crippen LogP contribution is -2.44. The van der Waals surface area contributed by atoms with Crippen LogP contribution in [0.1, 0.15) is 82.5 Å². The largest absolute Gasteiger partial charge is 0.507 e. The zero-order valence-corrected chi connectivity index (χ0v) is 36.5. The molecule has 7 rings (SSSR count). The molecule has 4 N–H and O–H groups in total. The highest BCUT2D eigenvalue weighted by Crippen LogP contribution is 2.39. The Morgan fingerprint density at radius 3 is 2.53 bits per heavy atom. The summed E-state index contributed by atoms with van der Waals surface area (Å²) in [7, 11) is 0. The van der Waals surface area contributed by atoms with Crippen molar-refractivity contribution in [3.63, 3.8) is 0 Å². The van der Waals surface area contributed by atoms with Gasteiger partial charge in [-0.2, -0.15) is 0 Å². The Hall–Kier alpha value is -4.75. The minimum Gasteiger partial charge on any atom is -0.507 e. The molecule has 2 aliphatic rings. The molecule has 58 heavy (non-hydrogen) atoms. The maximum absolute atomic E-state index is 13.4. The number of aliphatic imine (C=N–C) groups is 1. The second kappa shape index (κ2) is 18.9. The van der Waals surface area contributed by atoms with Crippen molar-refractivity contribution in [2.24, 2.45) is 4.99 Å². The molecular weight excluding hydrogens is 883 g/mol. The second-order valence-corrected chi connectivity index (χ2v) is 17.5. The third kappa shape index (κ3) is 9.91. The van der Waals surface area contributed by atoms with E-state index in [0.717, 1.165) is 79.5 Å². The van der Waals surface area contributed by atoms with Gasteiger partial charge in [0.1, 0.15) is 22.6 Å². The van der Waals surface area contributed by atoms with Crippen molar-refractivity contribution in [2.75, 3.05) is 31.5 Å². The van der Waals surface area contributed by atoms with Crippen LogP contribution in [0.15, 0.2) is 71.7 Å². The lowest BCUT2D eigenvalue weighted by atomic mass is 9.99. The molecular formula is C44H46ClIN8O3S. The molecule has 300 valence electrons. The van der Waals surface area contributed by atoms with E-state index in [1.807, 2.05) is 78.2 Å². The lowest BCUT2D eigenvalue weighted by Gasteiger charge is -2.32. The number of phenols is 1. The quantitative estimate of drug-likeness (QED) is 0.0574. The Labute approximate surface area is 361 Å². The molecule has 0 aliphatic carbocycles. The molecule has 3 aromatic carbocycles. The van der Waals surface area contributed by atoms with Crippen molar-refractivity contribution in [3.8, 4) is 22.6 Å². The molecule has 0 spiro atoms. The maximum Gasteiger partial charge on any atom is 0.222 e. The van der Waals surface area contributed by atoms with Gasteiger partial charge in [0.05, 0.1) is 22.2 Å². The molecule has 2 aliphatic heterocycles. The van der Waals surface area contributed by atoms with E-state index >= 15 is 0 Å². The summed E-state index contributed by atoms with van der Waals surface area (Å²) in [6, 6.07) is 21.0. The summed E-state index contributed by atoms with van der Waals surface area (Å²) in [5.41, 5.74) is 6.61. The van der Waals surface area contributed by atoms with Gasteiger partial charge in [-0.05, 0) is 105 Å². The van der Waals surface area contributed by atoms with E-state index in [0.29, 0.717) is 49.1 Å². The Bertz CT molecular complexity index is 2380. The molecule has 2 amide bonds. The van der Waals surface area contributed by atoms with Crippen LogP contribution in [0.25, 0.3) is 5.00 Å². The number of amides is 2. The van der Waals surface area contributed by atoms with Gasteiger partial charge in [-0.3, -0.25) is 24.0 Å². The van der Waals surface area contributed by atoms with Gasteiger partial charge in [0.2, 0.25) is 11.8 Å². The Kier molecular flexibility index (Phi) is 13.5. The van der Waals surface area contributed by atoms with Gasteiger partial charge < -0.3 is 21.1 Å². The normalized spacial score (nSPS) is 15.3. The number of carbonyl (C=O) groups excluding carboxylic acids is 2. The molecule has 0 radical (unpaired) electrons. The Morgan fingerprint density at radius 1 is 1.02 bits per heavy atom. The summed E-state index contributed by atoms with van der Waals surface area (Å²) < 4.78 is 2.81. The van der Waals surface area contributed by atoms with E-state index in [1.165, 1.54) is 4.88 Å². The number of benzene rings is 3. The van der Waals surface area contributed by atoms with Gasteiger partial charge in [-0.25, -0.2) is 0 Å². The van der Waals surface area contributed by atoms with Crippen LogP contribution >= 0.6 is 45.5 Å². The molecule has 1 saturated heterocycles. The van der Waals surface area contributed by atoms with E-state index in [9.17, 15) is 14.7 Å². The van der Waals surface area contributed by atoms with E-state index < -0.39 is 6.04 Å². The number of anilines is 1. The third-order valence-electron chi connectivity index (χ3n) is 10.5. The number of carbonyl (C=O) groups is 2. The van der Waals surface area contributed by atoms with Crippen LogP contribution in [0, 0.1) is 36.2 Å². The number of likely N-dealkylation sites (tertiary alicyclic amines) is 1. The number of piperidine rings is 1. The number of para-hydroxylation sites is 1. The Balaban J connectivity index is 0.875. The molecule has 1 atom stereocenters. The standard InChI is InChI=1S/C44H46ClIN8O3S/c1-27-28(2)58-44-40(27)41(31-13-15-33(45)16-14-31)50-37(43-52-51-29(3)54(43)44)25-39(56)48-20-8-12-38(55)49-35-17-21-53(22-18-35)26-32-23-30(24-36(46)42(32)57)9-7-19-47-34-10-5-4-6-11-34/h4-6,10-11,13-16,23-24,35,37,47,57H,8,12,17-22,25-26H2,1-3H3,(H,48,56)(H,49,55)/t37-/m0/s1. The molecule has 11 nitrogen and oxygen atoms in total. The molecule has 0 bridgehead atoms. The second-order valence-electron chi connectivity index (χ2n) is 14.7. The molecule has 5 aromatic rings. The number of aryl methyl sites for hydroxylation is 2. The van der Waals surface area contributed by atoms with Gasteiger partial charge in [-0.1, -0.05) is 53.8 Å². The summed E-state index contributed by atoms with van der Waals surface area (Å²) in [5.74, 6) is 7.87. The number of hydrogen-bond donors (Lipinski definition) is 4. The topological polar surface area (TPSA) is 137 Å². The number of fused-ring (bicyclic) bond motifs is 3. The molecule has 0 saturated carbocycles. The van der Waals surface area contributed by atoms with E-state index in [-0.39, 0.29) is 24.3 Å². The molecule has 2 aromatic heterocycles. The van der Waals surface area contributed by atoms with Crippen molar-refractivity contribution in [3.05, 3.63) is 120 Å². The number of nitrogens with one attached hydrogen (secondary N) is 3. The van der Waals surface area contributed by atoms with Crippen molar-refractivity contribution < 1.29 is 14.7 Å². The van der Waals surface area contributed by atoms with Crippen LogP contribution in [0.2, 0.25) is 5.02 Å². The number of nitrogens with zero attached hydrogens (tertiary/aromatic N) is 5. The number of hydrogen-bond acceptors (Lipinski definition) is 9. The van der Waals surface area contributed by atoms with Crippen molar-refractivity contribution >= 4 is 68.7 Å². The number of halogens is 2. The van der Waals surface area contributed by atoms with Crippen molar-refractivity contribution in [1.82, 2.24) is 30.3 Å². The summed E-state index contributed by atoms with van der Waals surface area (Å²) in [6.07, 6.45) is 2.57. The van der Waals surface area contributed by atoms with E-state index in [4.69, 9.17) is 16.6 Å². The first-order chi connectivity index (χ1) is 28.0. The van der Waals surface area contributed by atoms with Crippen LogP contribution < -0.4 is 16.0 Å². The monoisotopic (exact) mass is 928 g/mol. The number of aromatic nitrogens is 3. The first-order valence-corrected chi connectivity index (χ1v) is 21.7. The van der Waals surface area contributed by atoms with E-state index in [1.54, 1.807) is 11.3 Å². The first-order valence-electron chi connectivity index (χ1n) is 19.5. The first kappa shape index (κ1) is 41.4. The van der Waals surface area contributed by atoms with Gasteiger partial charge in [0.15, 0.2) is 5.82 Å². The molecule has 0 unspecified atom stereocenters. The number of phenolic OH excluding ortho intramolecular Hbond substituents is 1. The van der Waals surface area contributed by atoms with Crippen LogP contribution in [0.5, 0.6) is 5.75 Å². The number of rotatable bonds is 12. The van der Waals surface area contributed by atoms with Crippen molar-refractivity contribution in [1.29, 1.82) is 0 Å². The summed E-state index contributed by atoms with van der Waals surface area (Å²) >= 11 is 10.1. The highest BCUT2D eigenvalue weighted by Gasteiger charge is 2.32. The van der Waals surface area contributed by atoms with E-state index in [2.05, 4.69) is 79.3 Å². The SMILES string of the molecule is Cc1sc2c(c1C)C(c1ccc(Cl)cc1)=N[C@@H](CC(=O)NCCCC(=O)NC1CCN(Cc3cc(C#CCNc4ccccc4)cc(I)c3O)CC1)c1nnc(C)n1-2. The van der Waals surface area contributed by atoms with Gasteiger partial charge in [0.25, 0.3) is 0 Å². The minimum atomic E-state index is -0.557. The minimum absolute atomic E-state index is 0.0192. The lowest BCUT2D eigenvalue weighted by molar-refractivity contribution is -0.123. The number of aromatic hydroxyl groups is 1. The van der Waals surface area contributed by atoms with Crippen LogP contribution in [-0.4, -0.2) is 74.5 Å². The molecule has 14 heteroatoms. The molecule has 1 fully saturated rings. The summed E-state index contributed by atoms with van der Waals surface area (Å²) in [6.45, 7) is 9.23. The third-order valence-corrected chi connectivity index (χ3v) is 12.8. The molecule has 4 heterocycles. The fourth-order valence-electron chi connectivity index (χ4n) is 7.33. The van der Waals surface area contributed by atoms with Crippen molar-refractivity contribution in [2.45, 2.75) is 71.5 Å². The summed E-state index contributed by atoms with van der Waals surface area (Å²) in [4.78, 5) is 35.0. The fourth-order valence-corrected chi connectivity index (χ4v) is 9.35. The van der Waals surface area contributed by atoms with Crippen LogP contribution in [0.4, 0.5) is 5.69 Å². The fraction of sp³-hybridized carbons (Fsp3) is 0.341. The van der Waals surface area contributed by atoms with Crippen LogP contribution in [0.3, 0.4) is 0 Å². The predicted molar refractivity (Wildman–Crippen MR) is 239 cm³/mol. The van der Waals surface area contributed by atoms with Crippen LogP contribution in [-0.2, 0) is 16.1 Å². The highest BCUT2D eigenvalue weighted by atomic mass is 127. The maximum atomic E-state index is 13.4. The van der Waals surface area contributed by atoms with Gasteiger partial charge >= 0.3 is 0 Å².